The smallest absolute Gasteiger partial charge is 0.459 e. The highest BCUT2D eigenvalue weighted by molar-refractivity contribution is 7.52. The fraction of sp³-hybridized carbons (Fsp3) is 0.393. The minimum Gasteiger partial charge on any atom is -0.465 e. The summed E-state index contributed by atoms with van der Waals surface area (Å²) in [5.41, 5.74) is 5.12. The summed E-state index contributed by atoms with van der Waals surface area (Å²) in [5, 5.41) is 14.0. The standard InChI is InChI=1S/C28H33N4O8P/c1-2-37-25(34)21(17-19-9-5-3-6-10-19)31-41(36,40-20-11-7-4-8-12-20)38-18-22-24(33)28(14-15-28)26(39-22)32-16-13-23(29)30-27(32)35/h3-13,16,21-22,24,26,33H,2,14-15,17-18H2,1H3,(H,31,36)(H2,29,30,35). The lowest BCUT2D eigenvalue weighted by Crippen LogP contribution is -2.40. The Bertz CT molecular complexity index is 1450. The number of rotatable bonds is 12. The molecule has 0 radical (unpaired) electrons. The van der Waals surface area contributed by atoms with Crippen LogP contribution in [0.2, 0.25) is 0 Å². The first-order chi connectivity index (χ1) is 19.7. The van der Waals surface area contributed by atoms with Crippen LogP contribution in [0, 0.1) is 5.41 Å². The molecule has 1 aliphatic carbocycles. The van der Waals surface area contributed by atoms with Crippen molar-refractivity contribution in [1.82, 2.24) is 14.6 Å². The number of hydrogen-bond donors (Lipinski definition) is 3. The lowest BCUT2D eigenvalue weighted by atomic mass is 9.96. The molecule has 1 saturated heterocycles. The first-order valence-corrected chi connectivity index (χ1v) is 14.9. The number of aromatic nitrogens is 2. The van der Waals surface area contributed by atoms with Crippen molar-refractivity contribution in [2.24, 2.45) is 5.41 Å². The van der Waals surface area contributed by atoms with Crippen LogP contribution in [0.5, 0.6) is 5.75 Å². The molecular weight excluding hydrogens is 551 g/mol. The zero-order valence-electron chi connectivity index (χ0n) is 22.5. The third-order valence-electron chi connectivity index (χ3n) is 7.21. The molecule has 1 spiro atoms. The SMILES string of the molecule is CCOC(=O)C(Cc1ccccc1)NP(=O)(OCC1OC(n2ccc(N)nc2=O)C2(CC2)C1O)Oc1ccccc1. The van der Waals surface area contributed by atoms with Gasteiger partial charge in [0.15, 0.2) is 0 Å². The lowest BCUT2D eigenvalue weighted by Gasteiger charge is -2.26. The number of para-hydroxylation sites is 1. The van der Waals surface area contributed by atoms with Crippen LogP contribution in [0.1, 0.15) is 31.6 Å². The molecule has 1 aromatic heterocycles. The van der Waals surface area contributed by atoms with Crippen molar-refractivity contribution < 1.29 is 33.0 Å². The molecule has 5 atom stereocenters. The molecule has 218 valence electrons. The monoisotopic (exact) mass is 584 g/mol. The van der Waals surface area contributed by atoms with E-state index < -0.39 is 49.3 Å². The maximum absolute atomic E-state index is 14.2. The maximum atomic E-state index is 14.2. The van der Waals surface area contributed by atoms with E-state index in [2.05, 4.69) is 10.1 Å². The molecule has 2 fully saturated rings. The van der Waals surface area contributed by atoms with Crippen molar-refractivity contribution in [3.05, 3.63) is 89.0 Å². The summed E-state index contributed by atoms with van der Waals surface area (Å²) in [6.07, 6.45) is 0.0914. The van der Waals surface area contributed by atoms with Gasteiger partial charge >= 0.3 is 19.4 Å². The van der Waals surface area contributed by atoms with Gasteiger partial charge in [-0.3, -0.25) is 13.9 Å². The highest BCUT2D eigenvalue weighted by Gasteiger charge is 2.64. The fourth-order valence-electron chi connectivity index (χ4n) is 5.00. The van der Waals surface area contributed by atoms with E-state index in [1.165, 1.54) is 16.8 Å². The van der Waals surface area contributed by atoms with Crippen LogP contribution in [0.3, 0.4) is 0 Å². The van der Waals surface area contributed by atoms with Gasteiger partial charge < -0.3 is 24.8 Å². The van der Waals surface area contributed by atoms with Crippen LogP contribution in [0.25, 0.3) is 0 Å². The minimum absolute atomic E-state index is 0.0752. The van der Waals surface area contributed by atoms with Gasteiger partial charge in [-0.05, 0) is 49.9 Å². The van der Waals surface area contributed by atoms with E-state index in [1.54, 1.807) is 37.3 Å². The third-order valence-corrected chi connectivity index (χ3v) is 8.78. The molecule has 0 bridgehead atoms. The first kappa shape index (κ1) is 29.0. The van der Waals surface area contributed by atoms with Crippen LogP contribution < -0.4 is 21.0 Å². The van der Waals surface area contributed by atoms with E-state index >= 15 is 0 Å². The lowest BCUT2D eigenvalue weighted by molar-refractivity contribution is -0.145. The summed E-state index contributed by atoms with van der Waals surface area (Å²) in [4.78, 5) is 29.2. The number of anilines is 1. The molecular formula is C28H33N4O8P. The van der Waals surface area contributed by atoms with E-state index in [4.69, 9.17) is 24.3 Å². The van der Waals surface area contributed by atoms with E-state index in [1.807, 2.05) is 30.3 Å². The van der Waals surface area contributed by atoms with Gasteiger partial charge in [0, 0.05) is 11.6 Å². The Morgan fingerprint density at radius 2 is 1.88 bits per heavy atom. The van der Waals surface area contributed by atoms with Crippen molar-refractivity contribution >= 4 is 19.5 Å². The number of benzene rings is 2. The summed E-state index contributed by atoms with van der Waals surface area (Å²) in [5.74, 6) is -0.304. The van der Waals surface area contributed by atoms with Crippen LogP contribution in [0.4, 0.5) is 5.82 Å². The number of nitrogen functional groups attached to an aromatic ring is 1. The zero-order chi connectivity index (χ0) is 29.0. The summed E-state index contributed by atoms with van der Waals surface area (Å²) < 4.78 is 38.5. The van der Waals surface area contributed by atoms with Crippen LogP contribution in [0.15, 0.2) is 77.7 Å². The van der Waals surface area contributed by atoms with E-state index in [-0.39, 0.29) is 31.2 Å². The maximum Gasteiger partial charge on any atom is 0.459 e. The molecule has 41 heavy (non-hydrogen) atoms. The Labute approximate surface area is 237 Å². The van der Waals surface area contributed by atoms with Gasteiger partial charge in [0.1, 0.15) is 29.9 Å². The van der Waals surface area contributed by atoms with Gasteiger partial charge in [0.25, 0.3) is 0 Å². The molecule has 1 aliphatic heterocycles. The molecule has 0 amide bonds. The summed E-state index contributed by atoms with van der Waals surface area (Å²) in [7, 11) is -4.26. The number of aliphatic hydroxyl groups is 1. The van der Waals surface area contributed by atoms with Gasteiger partial charge in [-0.1, -0.05) is 48.5 Å². The highest BCUT2D eigenvalue weighted by Crippen LogP contribution is 2.62. The fourth-order valence-corrected chi connectivity index (χ4v) is 6.50. The molecule has 2 heterocycles. The van der Waals surface area contributed by atoms with Crippen LogP contribution in [-0.2, 0) is 29.8 Å². The highest BCUT2D eigenvalue weighted by atomic mass is 31.2. The quantitative estimate of drug-likeness (QED) is 0.212. The molecule has 13 heteroatoms. The molecule has 12 nitrogen and oxygen atoms in total. The van der Waals surface area contributed by atoms with Gasteiger partial charge in [0.2, 0.25) is 0 Å². The topological polar surface area (TPSA) is 164 Å². The van der Waals surface area contributed by atoms with Crippen LogP contribution >= 0.6 is 7.75 Å². The second-order valence-electron chi connectivity index (χ2n) is 10.1. The predicted molar refractivity (Wildman–Crippen MR) is 149 cm³/mol. The number of hydrogen-bond acceptors (Lipinski definition) is 10. The second kappa shape index (κ2) is 12.1. The van der Waals surface area contributed by atoms with Gasteiger partial charge in [-0.2, -0.15) is 10.1 Å². The third kappa shape index (κ3) is 6.52. The Balaban J connectivity index is 1.37. The van der Waals surface area contributed by atoms with E-state index in [0.717, 1.165) is 5.56 Å². The van der Waals surface area contributed by atoms with Crippen molar-refractivity contribution in [1.29, 1.82) is 0 Å². The molecule has 1 saturated carbocycles. The van der Waals surface area contributed by atoms with Gasteiger partial charge in [-0.25, -0.2) is 9.36 Å². The summed E-state index contributed by atoms with van der Waals surface area (Å²) in [6, 6.07) is 18.0. The number of esters is 1. The van der Waals surface area contributed by atoms with Gasteiger partial charge in [-0.15, -0.1) is 0 Å². The first-order valence-electron chi connectivity index (χ1n) is 13.4. The van der Waals surface area contributed by atoms with Crippen molar-refractivity contribution in [2.75, 3.05) is 18.9 Å². The second-order valence-corrected chi connectivity index (χ2v) is 11.8. The summed E-state index contributed by atoms with van der Waals surface area (Å²) >= 11 is 0. The number of carbonyl (C=O) groups is 1. The Morgan fingerprint density at radius 3 is 2.51 bits per heavy atom. The number of nitrogens with two attached hydrogens (primary N) is 1. The van der Waals surface area contributed by atoms with Crippen molar-refractivity contribution in [3.63, 3.8) is 0 Å². The number of carbonyl (C=O) groups excluding carboxylic acids is 1. The Morgan fingerprint density at radius 1 is 1.20 bits per heavy atom. The van der Waals surface area contributed by atoms with E-state index in [0.29, 0.717) is 12.8 Å². The number of nitrogens with zero attached hydrogens (tertiary/aromatic N) is 2. The largest absolute Gasteiger partial charge is 0.465 e. The summed E-state index contributed by atoms with van der Waals surface area (Å²) in [6.45, 7) is 1.45. The zero-order valence-corrected chi connectivity index (χ0v) is 23.4. The number of aliphatic hydroxyl groups excluding tert-OH is 1. The molecule has 4 N–H and O–H groups in total. The van der Waals surface area contributed by atoms with Crippen LogP contribution in [-0.4, -0.2) is 52.1 Å². The van der Waals surface area contributed by atoms with Crippen molar-refractivity contribution in [3.8, 4) is 5.75 Å². The molecule has 5 unspecified atom stereocenters. The van der Waals surface area contributed by atoms with E-state index in [9.17, 15) is 19.3 Å². The molecule has 5 rings (SSSR count). The Hall–Kier alpha value is -3.54. The average Bonchev–Trinajstić information content (AvgIpc) is 3.71. The Kier molecular flexibility index (Phi) is 8.58. The molecule has 2 aromatic carbocycles. The normalized spacial score (nSPS) is 23.0. The van der Waals surface area contributed by atoms with Crippen molar-refractivity contribution in [2.45, 2.75) is 50.7 Å². The predicted octanol–water partition coefficient (Wildman–Crippen LogP) is 2.83. The molecule has 2 aliphatic rings. The number of ether oxygens (including phenoxy) is 2. The molecule has 3 aromatic rings. The number of nitrogens with one attached hydrogen (secondary N) is 1. The average molecular weight is 585 g/mol. The van der Waals surface area contributed by atoms with Gasteiger partial charge in [0.05, 0.1) is 19.3 Å². The minimum atomic E-state index is -4.26.